The maximum atomic E-state index is 11.1. The van der Waals surface area contributed by atoms with Gasteiger partial charge in [-0.1, -0.05) is 11.8 Å². The van der Waals surface area contributed by atoms with E-state index in [4.69, 9.17) is 14.2 Å². The van der Waals surface area contributed by atoms with Gasteiger partial charge in [-0.05, 0) is 25.2 Å². The molecule has 19 heavy (non-hydrogen) atoms. The van der Waals surface area contributed by atoms with Crippen LogP contribution in [0.5, 0.6) is 0 Å². The fourth-order valence-electron chi connectivity index (χ4n) is 2.25. The fraction of sp³-hybridized carbons (Fsp3) is 0.533. The highest BCUT2D eigenvalue weighted by atomic mass is 16.7. The van der Waals surface area contributed by atoms with Crippen molar-refractivity contribution in [3.63, 3.8) is 0 Å². The largest absolute Gasteiger partial charge is 0.462 e. The molecule has 2 saturated heterocycles. The van der Waals surface area contributed by atoms with E-state index in [-0.39, 0.29) is 5.97 Å². The van der Waals surface area contributed by atoms with Gasteiger partial charge in [-0.15, -0.1) is 0 Å². The van der Waals surface area contributed by atoms with Crippen LogP contribution >= 0.6 is 0 Å². The van der Waals surface area contributed by atoms with Gasteiger partial charge in [0, 0.05) is 19.4 Å². The molecule has 2 atom stereocenters. The second-order valence-electron chi connectivity index (χ2n) is 4.46. The highest BCUT2D eigenvalue weighted by molar-refractivity contribution is 5.66. The van der Waals surface area contributed by atoms with Crippen molar-refractivity contribution in [1.82, 2.24) is 0 Å². The Labute approximate surface area is 113 Å². The Morgan fingerprint density at radius 2 is 2.37 bits per heavy atom. The average molecular weight is 260 g/mol. The molecular formula is C15H16O4. The third kappa shape index (κ3) is 3.30. The number of carbonyl (C=O) groups excluding carboxylic acids is 1. The van der Waals surface area contributed by atoms with Gasteiger partial charge < -0.3 is 14.2 Å². The fourth-order valence-corrected chi connectivity index (χ4v) is 2.25. The molecule has 2 heterocycles. The zero-order chi connectivity index (χ0) is 13.7. The molecule has 0 bridgehead atoms. The number of rotatable bonds is 1. The van der Waals surface area contributed by atoms with Crippen LogP contribution in [0.25, 0.3) is 0 Å². The van der Waals surface area contributed by atoms with Crippen molar-refractivity contribution in [2.45, 2.75) is 45.0 Å². The summed E-state index contributed by atoms with van der Waals surface area (Å²) < 4.78 is 16.7. The minimum Gasteiger partial charge on any atom is -0.462 e. The molecule has 4 heteroatoms. The zero-order valence-corrected chi connectivity index (χ0v) is 11.1. The molecule has 4 nitrogen and oxygen atoms in total. The molecule has 2 aliphatic heterocycles. The first-order valence-electron chi connectivity index (χ1n) is 6.28. The summed E-state index contributed by atoms with van der Waals surface area (Å²) in [5.74, 6) is 10.3. The second-order valence-corrected chi connectivity index (χ2v) is 4.46. The lowest BCUT2D eigenvalue weighted by Gasteiger charge is -2.20. The van der Waals surface area contributed by atoms with Gasteiger partial charge in [0.1, 0.15) is 5.76 Å². The van der Waals surface area contributed by atoms with E-state index in [1.807, 2.05) is 0 Å². The number of esters is 1. The Morgan fingerprint density at radius 1 is 1.53 bits per heavy atom. The SMILES string of the molecule is CC#CC#CC=C1O[C@@]2(CCCO2)C[C@H]1OC(C)=O. The molecule has 2 rings (SSSR count). The van der Waals surface area contributed by atoms with Crippen LogP contribution in [0, 0.1) is 23.7 Å². The van der Waals surface area contributed by atoms with Gasteiger partial charge in [-0.3, -0.25) is 4.79 Å². The van der Waals surface area contributed by atoms with Gasteiger partial charge in [0.15, 0.2) is 6.10 Å². The van der Waals surface area contributed by atoms with Crippen molar-refractivity contribution in [2.24, 2.45) is 0 Å². The van der Waals surface area contributed by atoms with Crippen molar-refractivity contribution >= 4 is 5.97 Å². The number of ether oxygens (including phenoxy) is 3. The molecule has 1 spiro atoms. The Hall–Kier alpha value is -1.91. The van der Waals surface area contributed by atoms with E-state index in [1.165, 1.54) is 6.92 Å². The van der Waals surface area contributed by atoms with Gasteiger partial charge in [0.05, 0.1) is 13.0 Å². The van der Waals surface area contributed by atoms with Crippen LogP contribution in [0.3, 0.4) is 0 Å². The summed E-state index contributed by atoms with van der Waals surface area (Å²) in [4.78, 5) is 11.1. The van der Waals surface area contributed by atoms with E-state index in [1.54, 1.807) is 13.0 Å². The van der Waals surface area contributed by atoms with E-state index < -0.39 is 11.9 Å². The minimum absolute atomic E-state index is 0.337. The molecule has 0 aromatic heterocycles. The lowest BCUT2D eigenvalue weighted by Crippen LogP contribution is -2.27. The van der Waals surface area contributed by atoms with Crippen LogP contribution in [0.15, 0.2) is 11.8 Å². The number of hydrogen-bond donors (Lipinski definition) is 0. The Morgan fingerprint density at radius 3 is 3.00 bits per heavy atom. The highest BCUT2D eigenvalue weighted by Gasteiger charge is 2.49. The van der Waals surface area contributed by atoms with Gasteiger partial charge in [-0.25, -0.2) is 0 Å². The molecule has 0 unspecified atom stereocenters. The van der Waals surface area contributed by atoms with E-state index in [2.05, 4.69) is 23.7 Å². The van der Waals surface area contributed by atoms with Gasteiger partial charge in [0.25, 0.3) is 0 Å². The Bertz CT molecular complexity index is 504. The summed E-state index contributed by atoms with van der Waals surface area (Å²) in [7, 11) is 0. The number of hydrogen-bond acceptors (Lipinski definition) is 4. The first-order valence-corrected chi connectivity index (χ1v) is 6.28. The molecule has 0 radical (unpaired) electrons. The molecule has 0 aromatic rings. The highest BCUT2D eigenvalue weighted by Crippen LogP contribution is 2.42. The lowest BCUT2D eigenvalue weighted by atomic mass is 10.1. The van der Waals surface area contributed by atoms with Crippen molar-refractivity contribution < 1.29 is 19.0 Å². The van der Waals surface area contributed by atoms with E-state index in [9.17, 15) is 4.79 Å². The molecule has 2 aliphatic rings. The predicted molar refractivity (Wildman–Crippen MR) is 68.5 cm³/mol. The molecule has 100 valence electrons. The Balaban J connectivity index is 2.15. The average Bonchev–Trinajstić information content (AvgIpc) is 2.93. The lowest BCUT2D eigenvalue weighted by molar-refractivity contribution is -0.163. The van der Waals surface area contributed by atoms with Crippen molar-refractivity contribution in [3.05, 3.63) is 11.8 Å². The zero-order valence-electron chi connectivity index (χ0n) is 11.1. The van der Waals surface area contributed by atoms with Gasteiger partial charge in [0.2, 0.25) is 5.79 Å². The Kier molecular flexibility index (Phi) is 4.14. The standard InChI is InChI=1S/C15H16O4/c1-3-4-5-6-8-13-14(18-12(2)16)11-15(19-13)9-7-10-17-15/h8,14H,7,9-11H2,1-2H3/t14-,15+/m1/s1. The molecule has 0 saturated carbocycles. The first-order chi connectivity index (χ1) is 9.15. The number of carbonyl (C=O) groups is 1. The third-order valence-electron chi connectivity index (χ3n) is 2.97. The maximum absolute atomic E-state index is 11.1. The summed E-state index contributed by atoms with van der Waals surface area (Å²) in [6, 6.07) is 0. The summed E-state index contributed by atoms with van der Waals surface area (Å²) >= 11 is 0. The van der Waals surface area contributed by atoms with E-state index >= 15 is 0 Å². The molecule has 0 aliphatic carbocycles. The molecule has 0 amide bonds. The molecule has 2 fully saturated rings. The summed E-state index contributed by atoms with van der Waals surface area (Å²) in [5, 5.41) is 0. The summed E-state index contributed by atoms with van der Waals surface area (Å²) in [6.45, 7) is 3.77. The predicted octanol–water partition coefficient (Wildman–Crippen LogP) is 1.76. The summed E-state index contributed by atoms with van der Waals surface area (Å²) in [6.07, 6.45) is 3.48. The minimum atomic E-state index is -0.635. The molecular weight excluding hydrogens is 244 g/mol. The molecule has 0 N–H and O–H groups in total. The second kappa shape index (κ2) is 5.82. The van der Waals surface area contributed by atoms with Crippen LogP contribution in [0.2, 0.25) is 0 Å². The topological polar surface area (TPSA) is 44.8 Å². The molecule has 0 aromatic carbocycles. The summed E-state index contributed by atoms with van der Waals surface area (Å²) in [5.41, 5.74) is 0. The van der Waals surface area contributed by atoms with Crippen LogP contribution < -0.4 is 0 Å². The monoisotopic (exact) mass is 260 g/mol. The van der Waals surface area contributed by atoms with Crippen LogP contribution in [-0.4, -0.2) is 24.5 Å². The van der Waals surface area contributed by atoms with Crippen LogP contribution in [0.1, 0.15) is 33.1 Å². The van der Waals surface area contributed by atoms with Crippen molar-refractivity contribution in [3.8, 4) is 23.7 Å². The van der Waals surface area contributed by atoms with Gasteiger partial charge >= 0.3 is 5.97 Å². The maximum Gasteiger partial charge on any atom is 0.303 e. The van der Waals surface area contributed by atoms with E-state index in [0.29, 0.717) is 18.8 Å². The van der Waals surface area contributed by atoms with Crippen LogP contribution in [0.4, 0.5) is 0 Å². The van der Waals surface area contributed by atoms with Crippen molar-refractivity contribution in [2.75, 3.05) is 6.61 Å². The van der Waals surface area contributed by atoms with Crippen LogP contribution in [-0.2, 0) is 19.0 Å². The van der Waals surface area contributed by atoms with Gasteiger partial charge in [-0.2, -0.15) is 0 Å². The normalized spacial score (nSPS) is 30.2. The smallest absolute Gasteiger partial charge is 0.303 e. The quantitative estimate of drug-likeness (QED) is 0.532. The van der Waals surface area contributed by atoms with E-state index in [0.717, 1.165) is 12.8 Å². The number of allylic oxidation sites excluding steroid dienone is 1. The third-order valence-corrected chi connectivity index (χ3v) is 2.97. The first kappa shape index (κ1) is 13.5. The van der Waals surface area contributed by atoms with Crippen molar-refractivity contribution in [1.29, 1.82) is 0 Å².